The van der Waals surface area contributed by atoms with Crippen LogP contribution in [0, 0.1) is 11.9 Å². The molecular formula is C24H30ClFN6O. The van der Waals surface area contributed by atoms with Crippen LogP contribution in [0.4, 0.5) is 10.1 Å². The van der Waals surface area contributed by atoms with E-state index < -0.39 is 17.8 Å². The molecule has 33 heavy (non-hydrogen) atoms. The van der Waals surface area contributed by atoms with Gasteiger partial charge in [0.05, 0.1) is 11.2 Å². The third-order valence-electron chi connectivity index (χ3n) is 6.17. The number of nitrogens with two attached hydrogens (primary N) is 2. The number of carbonyl (C=O) groups is 1. The van der Waals surface area contributed by atoms with Gasteiger partial charge < -0.3 is 16.8 Å². The maximum Gasteiger partial charge on any atom is 0.233 e. The number of nitrogens with one attached hydrogen (secondary N) is 1. The summed E-state index contributed by atoms with van der Waals surface area (Å²) in [5.41, 5.74) is 12.8. The Morgan fingerprint density at radius 1 is 1.30 bits per heavy atom. The quantitative estimate of drug-likeness (QED) is 0.291. The fourth-order valence-corrected chi connectivity index (χ4v) is 4.13. The second-order valence-corrected chi connectivity index (χ2v) is 8.83. The van der Waals surface area contributed by atoms with Crippen LogP contribution in [0.1, 0.15) is 44.6 Å². The smallest absolute Gasteiger partial charge is 0.233 e. The van der Waals surface area contributed by atoms with E-state index in [-0.39, 0.29) is 17.1 Å². The zero-order chi connectivity index (χ0) is 23.8. The van der Waals surface area contributed by atoms with E-state index in [1.165, 1.54) is 24.0 Å². The summed E-state index contributed by atoms with van der Waals surface area (Å²) in [5, 5.41) is 4.34. The first kappa shape index (κ1) is 24.8. The fourth-order valence-electron chi connectivity index (χ4n) is 4.01. The van der Waals surface area contributed by atoms with Crippen molar-refractivity contribution in [3.63, 3.8) is 0 Å². The normalized spacial score (nSPS) is 22.4. The summed E-state index contributed by atoms with van der Waals surface area (Å²) in [6.07, 6.45) is 7.34. The SMILES string of the molecule is CCC1(N=CC(C(N)=O)C(N)=Nc2ccnc(F)c2)CCC(NCc2ccc(Cl)cc2)CC1. The summed E-state index contributed by atoms with van der Waals surface area (Å²) in [4.78, 5) is 24.4. The third-order valence-corrected chi connectivity index (χ3v) is 6.43. The van der Waals surface area contributed by atoms with Gasteiger partial charge in [0.1, 0.15) is 11.8 Å². The van der Waals surface area contributed by atoms with Gasteiger partial charge in [0.15, 0.2) is 0 Å². The van der Waals surface area contributed by atoms with E-state index in [2.05, 4.69) is 22.2 Å². The van der Waals surface area contributed by atoms with Gasteiger partial charge in [0.25, 0.3) is 0 Å². The number of halogens is 2. The molecule has 1 unspecified atom stereocenters. The van der Waals surface area contributed by atoms with Crippen LogP contribution in [-0.4, -0.2) is 34.5 Å². The molecule has 0 radical (unpaired) electrons. The minimum atomic E-state index is -0.967. The number of carbonyl (C=O) groups excluding carboxylic acids is 1. The zero-order valence-corrected chi connectivity index (χ0v) is 19.4. The highest BCUT2D eigenvalue weighted by molar-refractivity contribution is 6.30. The number of primary amides is 1. The first-order valence-electron chi connectivity index (χ1n) is 11.1. The highest BCUT2D eigenvalue weighted by atomic mass is 35.5. The van der Waals surface area contributed by atoms with Gasteiger partial charge in [-0.2, -0.15) is 4.39 Å². The van der Waals surface area contributed by atoms with Crippen molar-refractivity contribution < 1.29 is 9.18 Å². The Morgan fingerprint density at radius 2 is 2.00 bits per heavy atom. The Hall–Kier alpha value is -2.84. The molecule has 1 saturated carbocycles. The Balaban J connectivity index is 1.62. The molecule has 7 nitrogen and oxygen atoms in total. The van der Waals surface area contributed by atoms with Gasteiger partial charge in [-0.15, -0.1) is 0 Å². The first-order valence-corrected chi connectivity index (χ1v) is 11.5. The second kappa shape index (κ2) is 11.3. The molecule has 1 aromatic heterocycles. The maximum absolute atomic E-state index is 13.3. The molecule has 5 N–H and O–H groups in total. The molecular weight excluding hydrogens is 443 g/mol. The topological polar surface area (TPSA) is 119 Å². The minimum Gasteiger partial charge on any atom is -0.386 e. The van der Waals surface area contributed by atoms with Gasteiger partial charge in [-0.3, -0.25) is 9.79 Å². The predicted molar refractivity (Wildman–Crippen MR) is 130 cm³/mol. The summed E-state index contributed by atoms with van der Waals surface area (Å²) in [6, 6.07) is 10.9. The lowest BCUT2D eigenvalue weighted by Gasteiger charge is -2.37. The van der Waals surface area contributed by atoms with Crippen LogP contribution >= 0.6 is 11.6 Å². The number of amidine groups is 1. The monoisotopic (exact) mass is 472 g/mol. The van der Waals surface area contributed by atoms with Crippen LogP contribution in [0.25, 0.3) is 0 Å². The Morgan fingerprint density at radius 3 is 2.61 bits per heavy atom. The van der Waals surface area contributed by atoms with Gasteiger partial charge in [-0.1, -0.05) is 30.7 Å². The lowest BCUT2D eigenvalue weighted by atomic mass is 9.78. The van der Waals surface area contributed by atoms with Crippen molar-refractivity contribution in [2.75, 3.05) is 0 Å². The van der Waals surface area contributed by atoms with Crippen LogP contribution in [0.15, 0.2) is 52.6 Å². The van der Waals surface area contributed by atoms with Gasteiger partial charge in [0, 0.05) is 36.1 Å². The van der Waals surface area contributed by atoms with Crippen LogP contribution < -0.4 is 16.8 Å². The van der Waals surface area contributed by atoms with Crippen molar-refractivity contribution >= 4 is 35.2 Å². The molecule has 1 atom stereocenters. The summed E-state index contributed by atoms with van der Waals surface area (Å²) < 4.78 is 13.3. The summed E-state index contributed by atoms with van der Waals surface area (Å²) in [6.45, 7) is 2.88. The largest absolute Gasteiger partial charge is 0.386 e. The fraction of sp³-hybridized carbons (Fsp3) is 0.417. The molecule has 0 bridgehead atoms. The number of amides is 1. The van der Waals surface area contributed by atoms with Crippen LogP contribution in [0.5, 0.6) is 0 Å². The Kier molecular flexibility index (Phi) is 8.52. The molecule has 1 aliphatic carbocycles. The first-order chi connectivity index (χ1) is 15.8. The molecule has 3 rings (SSSR count). The molecule has 1 heterocycles. The number of hydrogen-bond acceptors (Lipinski definition) is 5. The maximum atomic E-state index is 13.3. The highest BCUT2D eigenvalue weighted by Crippen LogP contribution is 2.35. The van der Waals surface area contributed by atoms with Crippen LogP contribution in [0.3, 0.4) is 0 Å². The second-order valence-electron chi connectivity index (χ2n) is 8.39. The molecule has 1 amide bonds. The molecule has 2 aromatic rings. The molecule has 1 aliphatic rings. The molecule has 1 fully saturated rings. The van der Waals surface area contributed by atoms with Crippen molar-refractivity contribution in [2.24, 2.45) is 27.4 Å². The number of benzene rings is 1. The van der Waals surface area contributed by atoms with E-state index in [4.69, 9.17) is 28.1 Å². The van der Waals surface area contributed by atoms with Crippen molar-refractivity contribution in [1.29, 1.82) is 0 Å². The van der Waals surface area contributed by atoms with Gasteiger partial charge >= 0.3 is 0 Å². The van der Waals surface area contributed by atoms with E-state index in [1.807, 2.05) is 24.3 Å². The number of nitrogens with zero attached hydrogens (tertiary/aromatic N) is 3. The van der Waals surface area contributed by atoms with E-state index in [1.54, 1.807) is 0 Å². The highest BCUT2D eigenvalue weighted by Gasteiger charge is 2.33. The predicted octanol–water partition coefficient (Wildman–Crippen LogP) is 3.92. The summed E-state index contributed by atoms with van der Waals surface area (Å²) >= 11 is 5.95. The average molecular weight is 473 g/mol. The van der Waals surface area contributed by atoms with Gasteiger partial charge in [0.2, 0.25) is 11.9 Å². The van der Waals surface area contributed by atoms with Crippen LogP contribution in [0.2, 0.25) is 5.02 Å². The van der Waals surface area contributed by atoms with Crippen molar-refractivity contribution in [2.45, 2.75) is 57.2 Å². The molecule has 0 spiro atoms. The molecule has 0 aliphatic heterocycles. The Bertz CT molecular complexity index is 1000. The molecule has 1 aromatic carbocycles. The third kappa shape index (κ3) is 7.07. The number of rotatable bonds is 9. The number of aromatic nitrogens is 1. The van der Waals surface area contributed by atoms with Gasteiger partial charge in [-0.05, 0) is 55.9 Å². The van der Waals surface area contributed by atoms with Crippen molar-refractivity contribution in [1.82, 2.24) is 10.3 Å². The van der Waals surface area contributed by atoms with E-state index in [0.717, 1.165) is 49.7 Å². The van der Waals surface area contributed by atoms with Crippen molar-refractivity contribution in [3.8, 4) is 0 Å². The lowest BCUT2D eigenvalue weighted by Crippen LogP contribution is -2.41. The average Bonchev–Trinajstić information content (AvgIpc) is 2.79. The standard InChI is InChI=1S/C24H30ClFN6O/c1-2-24(10-7-18(8-11-24)30-14-16-3-5-17(25)6-4-16)31-15-20(23(28)33)22(27)32-19-9-12-29-21(26)13-19/h3-6,9,12-13,15,18,20,30H,2,7-8,10-11,14H2,1H3,(H2,28,33)(H2,27,29,32). The summed E-state index contributed by atoms with van der Waals surface area (Å²) in [5.74, 6) is -2.33. The minimum absolute atomic E-state index is 0.0265. The molecule has 9 heteroatoms. The number of hydrogen-bond donors (Lipinski definition) is 3. The summed E-state index contributed by atoms with van der Waals surface area (Å²) in [7, 11) is 0. The van der Waals surface area contributed by atoms with E-state index in [0.29, 0.717) is 6.04 Å². The Labute approximate surface area is 198 Å². The number of pyridine rings is 1. The van der Waals surface area contributed by atoms with Crippen molar-refractivity contribution in [3.05, 3.63) is 59.1 Å². The van der Waals surface area contributed by atoms with E-state index >= 15 is 0 Å². The van der Waals surface area contributed by atoms with Crippen LogP contribution in [-0.2, 0) is 11.3 Å². The molecule has 176 valence electrons. The van der Waals surface area contributed by atoms with Gasteiger partial charge in [-0.25, -0.2) is 9.98 Å². The zero-order valence-electron chi connectivity index (χ0n) is 18.7. The van der Waals surface area contributed by atoms with E-state index in [9.17, 15) is 9.18 Å². The lowest BCUT2D eigenvalue weighted by molar-refractivity contribution is -0.118. The molecule has 0 saturated heterocycles. The number of aliphatic imine (C=N–C) groups is 2.